The number of aromatic nitrogens is 1. The van der Waals surface area contributed by atoms with E-state index in [2.05, 4.69) is 11.3 Å². The standard InChI is InChI=1S/C13H15NO4/c1-5-7-8-9(6-2)14(3)12(16)10(11(8)15)13(17)18-4/h5-7,15H,1H2,2-4H3. The summed E-state index contributed by atoms with van der Waals surface area (Å²) in [6, 6.07) is 0. The summed E-state index contributed by atoms with van der Waals surface area (Å²) in [5.74, 6) is -1.26. The second-order valence-corrected chi connectivity index (χ2v) is 3.57. The van der Waals surface area contributed by atoms with Crippen LogP contribution in [0.3, 0.4) is 0 Å². The van der Waals surface area contributed by atoms with E-state index in [9.17, 15) is 14.7 Å². The Balaban J connectivity index is 4.04. The maximum atomic E-state index is 12.0. The molecule has 0 bridgehead atoms. The first-order valence-corrected chi connectivity index (χ1v) is 5.28. The summed E-state index contributed by atoms with van der Waals surface area (Å²) in [5, 5.41) is 10.9. The lowest BCUT2D eigenvalue weighted by molar-refractivity contribution is 0.0594. The number of hydrogen-bond acceptors (Lipinski definition) is 4. The quantitative estimate of drug-likeness (QED) is 0.727. The van der Waals surface area contributed by atoms with Crippen LogP contribution in [0.5, 0.6) is 5.75 Å². The van der Waals surface area contributed by atoms with Gasteiger partial charge in [-0.15, -0.1) is 0 Å². The van der Waals surface area contributed by atoms with E-state index in [1.165, 1.54) is 23.8 Å². The van der Waals surface area contributed by atoms with Gasteiger partial charge in [0, 0.05) is 12.3 Å². The summed E-state index contributed by atoms with van der Waals surface area (Å²) in [4.78, 5) is 23.5. The first kappa shape index (κ1) is 13.8. The second-order valence-electron chi connectivity index (χ2n) is 3.57. The van der Waals surface area contributed by atoms with E-state index < -0.39 is 17.3 Å². The molecule has 0 unspecified atom stereocenters. The number of esters is 1. The second kappa shape index (κ2) is 5.35. The number of nitrogens with zero attached hydrogens (tertiary/aromatic N) is 1. The van der Waals surface area contributed by atoms with Crippen molar-refractivity contribution in [2.45, 2.75) is 6.92 Å². The predicted octanol–water partition coefficient (Wildman–Crippen LogP) is -0.356. The molecule has 0 saturated carbocycles. The fourth-order valence-corrected chi connectivity index (χ4v) is 1.73. The van der Waals surface area contributed by atoms with Gasteiger partial charge in [-0.3, -0.25) is 4.79 Å². The molecular weight excluding hydrogens is 234 g/mol. The highest BCUT2D eigenvalue weighted by molar-refractivity contribution is 5.92. The minimum absolute atomic E-state index is 0.356. The van der Waals surface area contributed by atoms with Gasteiger partial charge in [0.05, 0.1) is 12.5 Å². The average Bonchev–Trinajstić information content (AvgIpc) is 2.36. The van der Waals surface area contributed by atoms with E-state index in [1.807, 2.05) is 0 Å². The number of aromatic hydroxyl groups is 1. The molecule has 0 atom stereocenters. The van der Waals surface area contributed by atoms with Crippen LogP contribution >= 0.6 is 0 Å². The van der Waals surface area contributed by atoms with E-state index in [0.717, 1.165) is 7.11 Å². The summed E-state index contributed by atoms with van der Waals surface area (Å²) < 4.78 is 5.78. The van der Waals surface area contributed by atoms with Gasteiger partial charge in [-0.25, -0.2) is 4.79 Å². The van der Waals surface area contributed by atoms with Crippen molar-refractivity contribution in [3.05, 3.63) is 39.1 Å². The fourth-order valence-electron chi connectivity index (χ4n) is 1.73. The first-order valence-electron chi connectivity index (χ1n) is 5.28. The molecule has 18 heavy (non-hydrogen) atoms. The third-order valence-corrected chi connectivity index (χ3v) is 2.60. The van der Waals surface area contributed by atoms with Gasteiger partial charge >= 0.3 is 5.97 Å². The molecule has 96 valence electrons. The molecule has 1 heterocycles. The van der Waals surface area contributed by atoms with Crippen molar-refractivity contribution in [1.82, 2.24) is 4.57 Å². The van der Waals surface area contributed by atoms with Crippen molar-refractivity contribution >= 4 is 18.1 Å². The Morgan fingerprint density at radius 3 is 2.56 bits per heavy atom. The Morgan fingerprint density at radius 1 is 1.50 bits per heavy atom. The summed E-state index contributed by atoms with van der Waals surface area (Å²) in [7, 11) is 2.67. The molecule has 0 saturated heterocycles. The monoisotopic (exact) mass is 249 g/mol. The molecule has 0 aliphatic carbocycles. The summed E-state index contributed by atoms with van der Waals surface area (Å²) in [6.07, 6.45) is 4.65. The molecule has 0 radical (unpaired) electrons. The van der Waals surface area contributed by atoms with Crippen molar-refractivity contribution in [2.24, 2.45) is 7.05 Å². The number of rotatable bonds is 2. The van der Waals surface area contributed by atoms with Crippen LogP contribution in [-0.2, 0) is 11.8 Å². The van der Waals surface area contributed by atoms with Gasteiger partial charge in [-0.2, -0.15) is 0 Å². The minimum Gasteiger partial charge on any atom is -0.506 e. The molecule has 0 spiro atoms. The number of methoxy groups -OCH3 is 1. The van der Waals surface area contributed by atoms with Crippen LogP contribution in [0.2, 0.25) is 0 Å². The smallest absolute Gasteiger partial charge is 0.347 e. The normalized spacial score (nSPS) is 12.6. The van der Waals surface area contributed by atoms with Gasteiger partial charge in [-0.1, -0.05) is 18.7 Å². The van der Waals surface area contributed by atoms with Gasteiger partial charge in [-0.05, 0) is 13.0 Å². The Bertz CT molecular complexity index is 668. The molecule has 0 aromatic carbocycles. The lowest BCUT2D eigenvalue weighted by Gasteiger charge is -2.07. The summed E-state index contributed by atoms with van der Waals surface area (Å²) in [5.41, 5.74) is -0.979. The third-order valence-electron chi connectivity index (χ3n) is 2.60. The van der Waals surface area contributed by atoms with E-state index in [0.29, 0.717) is 10.6 Å². The molecule has 0 fully saturated rings. The minimum atomic E-state index is -0.866. The van der Waals surface area contributed by atoms with Crippen LogP contribution in [0.15, 0.2) is 17.4 Å². The third kappa shape index (κ3) is 2.07. The van der Waals surface area contributed by atoms with Crippen molar-refractivity contribution in [2.75, 3.05) is 7.11 Å². The Hall–Kier alpha value is -2.30. The molecule has 1 aromatic heterocycles. The van der Waals surface area contributed by atoms with E-state index in [4.69, 9.17) is 0 Å². The SMILES string of the molecule is C=CC=c1c(O)c(C(=O)OC)c(=O)n(C)c1=CC. The summed E-state index contributed by atoms with van der Waals surface area (Å²) in [6.45, 7) is 5.26. The largest absolute Gasteiger partial charge is 0.506 e. The van der Waals surface area contributed by atoms with Crippen molar-refractivity contribution in [3.8, 4) is 5.75 Å². The Morgan fingerprint density at radius 2 is 2.11 bits per heavy atom. The maximum Gasteiger partial charge on any atom is 0.347 e. The topological polar surface area (TPSA) is 68.5 Å². The fraction of sp³-hybridized carbons (Fsp3) is 0.231. The summed E-state index contributed by atoms with van der Waals surface area (Å²) >= 11 is 0. The zero-order valence-corrected chi connectivity index (χ0v) is 10.6. The van der Waals surface area contributed by atoms with Gasteiger partial charge < -0.3 is 14.4 Å². The Kier molecular flexibility index (Phi) is 4.09. The highest BCUT2D eigenvalue weighted by Crippen LogP contribution is 2.05. The molecule has 1 N–H and O–H groups in total. The first-order chi connectivity index (χ1) is 8.49. The van der Waals surface area contributed by atoms with E-state index in [-0.39, 0.29) is 5.56 Å². The van der Waals surface area contributed by atoms with Crippen molar-refractivity contribution in [3.63, 3.8) is 0 Å². The van der Waals surface area contributed by atoms with Gasteiger partial charge in [0.2, 0.25) is 0 Å². The molecule has 0 aliphatic heterocycles. The van der Waals surface area contributed by atoms with Crippen LogP contribution in [0, 0.1) is 0 Å². The lowest BCUT2D eigenvalue weighted by atomic mass is 10.2. The van der Waals surface area contributed by atoms with Crippen LogP contribution in [-0.4, -0.2) is 22.8 Å². The molecule has 5 heteroatoms. The van der Waals surface area contributed by atoms with Gasteiger partial charge in [0.25, 0.3) is 5.56 Å². The number of carbonyl (C=O) groups excluding carboxylic acids is 1. The number of hydrogen-bond donors (Lipinski definition) is 1. The van der Waals surface area contributed by atoms with Crippen molar-refractivity contribution < 1.29 is 14.6 Å². The van der Waals surface area contributed by atoms with Crippen molar-refractivity contribution in [1.29, 1.82) is 0 Å². The highest BCUT2D eigenvalue weighted by Gasteiger charge is 2.19. The van der Waals surface area contributed by atoms with Crippen LogP contribution in [0.4, 0.5) is 0 Å². The molecule has 5 nitrogen and oxygen atoms in total. The number of allylic oxidation sites excluding steroid dienone is 1. The lowest BCUT2D eigenvalue weighted by Crippen LogP contribution is -2.44. The average molecular weight is 249 g/mol. The molecule has 1 rings (SSSR count). The van der Waals surface area contributed by atoms with Gasteiger partial charge in [0.15, 0.2) is 5.56 Å². The highest BCUT2D eigenvalue weighted by atomic mass is 16.5. The maximum absolute atomic E-state index is 12.0. The molecular formula is C13H15NO4. The molecule has 0 amide bonds. The van der Waals surface area contributed by atoms with Crippen LogP contribution in [0.25, 0.3) is 12.2 Å². The number of pyridine rings is 1. The van der Waals surface area contributed by atoms with Crippen LogP contribution in [0.1, 0.15) is 17.3 Å². The number of carbonyl (C=O) groups is 1. The van der Waals surface area contributed by atoms with Gasteiger partial charge in [0.1, 0.15) is 5.75 Å². The molecule has 1 aromatic rings. The van der Waals surface area contributed by atoms with Crippen LogP contribution < -0.4 is 16.1 Å². The Labute approximate surface area is 104 Å². The van der Waals surface area contributed by atoms with E-state index >= 15 is 0 Å². The zero-order valence-electron chi connectivity index (χ0n) is 10.6. The predicted molar refractivity (Wildman–Crippen MR) is 68.7 cm³/mol. The molecule has 0 aliphatic rings. The van der Waals surface area contributed by atoms with E-state index in [1.54, 1.807) is 13.0 Å². The zero-order chi connectivity index (χ0) is 13.9. The number of ether oxygens (including phenoxy) is 1.